The van der Waals surface area contributed by atoms with Gasteiger partial charge in [0.2, 0.25) is 5.91 Å². The Hall–Kier alpha value is -3.07. The van der Waals surface area contributed by atoms with Crippen molar-refractivity contribution in [2.75, 3.05) is 32.7 Å². The predicted octanol–water partition coefficient (Wildman–Crippen LogP) is 1.15. The molecule has 0 saturated carbocycles. The smallest absolute Gasteiger partial charge is 0.267 e. The standard InChI is InChI=1S/C23H28FN5O3/c1-14-15(2)21(30)27-26-20(14)13-16-5-6-18(24)17(12-16)22(31)28-8-10-29(11-9-28)23(32)19-4-3-7-25-19/h5-6,12,19,25H,3-4,7-11,13H2,1-2H3,(H,27,30)/t19-/m0/s1. The summed E-state index contributed by atoms with van der Waals surface area (Å²) in [7, 11) is 0. The number of amides is 2. The molecular formula is C23H28FN5O3. The molecule has 8 nitrogen and oxygen atoms in total. The van der Waals surface area contributed by atoms with Crippen LogP contribution in [0.15, 0.2) is 23.0 Å². The lowest BCUT2D eigenvalue weighted by Crippen LogP contribution is -2.54. The summed E-state index contributed by atoms with van der Waals surface area (Å²) < 4.78 is 14.5. The van der Waals surface area contributed by atoms with Gasteiger partial charge in [0.15, 0.2) is 0 Å². The van der Waals surface area contributed by atoms with Gasteiger partial charge < -0.3 is 15.1 Å². The van der Waals surface area contributed by atoms with Crippen molar-refractivity contribution >= 4 is 11.8 Å². The molecule has 2 aromatic rings. The number of halogens is 1. The molecule has 1 atom stereocenters. The van der Waals surface area contributed by atoms with Gasteiger partial charge in [0.05, 0.1) is 17.3 Å². The Kier molecular flexibility index (Phi) is 6.36. The average molecular weight is 442 g/mol. The van der Waals surface area contributed by atoms with Crippen molar-refractivity contribution in [1.82, 2.24) is 25.3 Å². The summed E-state index contributed by atoms with van der Waals surface area (Å²) in [4.78, 5) is 40.7. The number of aromatic amines is 1. The molecule has 2 aliphatic rings. The number of hydrogen-bond acceptors (Lipinski definition) is 5. The molecule has 2 saturated heterocycles. The Labute approximate surface area is 185 Å². The summed E-state index contributed by atoms with van der Waals surface area (Å²) in [6.45, 7) is 6.06. The van der Waals surface area contributed by atoms with Gasteiger partial charge in [0.1, 0.15) is 5.82 Å². The molecule has 9 heteroatoms. The van der Waals surface area contributed by atoms with Crippen molar-refractivity contribution in [2.45, 2.75) is 39.2 Å². The van der Waals surface area contributed by atoms with E-state index in [1.807, 2.05) is 6.92 Å². The van der Waals surface area contributed by atoms with Crippen molar-refractivity contribution in [3.05, 3.63) is 62.3 Å². The van der Waals surface area contributed by atoms with Crippen molar-refractivity contribution in [2.24, 2.45) is 0 Å². The van der Waals surface area contributed by atoms with E-state index in [4.69, 9.17) is 0 Å². The van der Waals surface area contributed by atoms with Crippen LogP contribution in [-0.4, -0.2) is 70.6 Å². The molecule has 1 aromatic carbocycles. The zero-order valence-corrected chi connectivity index (χ0v) is 18.4. The van der Waals surface area contributed by atoms with Crippen LogP contribution in [0.25, 0.3) is 0 Å². The molecule has 0 aliphatic carbocycles. The summed E-state index contributed by atoms with van der Waals surface area (Å²) in [5.74, 6) is -0.866. The molecule has 32 heavy (non-hydrogen) atoms. The lowest BCUT2D eigenvalue weighted by atomic mass is 10.0. The SMILES string of the molecule is Cc1c(Cc2ccc(F)c(C(=O)N3CCN(C(=O)[C@@H]4CCCN4)CC3)c2)n[nH]c(=O)c1C. The van der Waals surface area contributed by atoms with Crippen molar-refractivity contribution in [3.63, 3.8) is 0 Å². The van der Waals surface area contributed by atoms with Gasteiger partial charge in [-0.05, 0) is 56.5 Å². The van der Waals surface area contributed by atoms with Crippen LogP contribution < -0.4 is 10.9 Å². The third-order valence-electron chi connectivity index (χ3n) is 6.50. The summed E-state index contributed by atoms with van der Waals surface area (Å²) >= 11 is 0. The molecule has 170 valence electrons. The number of nitrogens with zero attached hydrogens (tertiary/aromatic N) is 3. The van der Waals surface area contributed by atoms with Gasteiger partial charge in [0.25, 0.3) is 11.5 Å². The lowest BCUT2D eigenvalue weighted by Gasteiger charge is -2.36. The second kappa shape index (κ2) is 9.20. The van der Waals surface area contributed by atoms with Crippen LogP contribution in [0, 0.1) is 19.7 Å². The topological polar surface area (TPSA) is 98.4 Å². The van der Waals surface area contributed by atoms with Gasteiger partial charge in [-0.1, -0.05) is 6.07 Å². The Morgan fingerprint density at radius 2 is 1.84 bits per heavy atom. The first-order valence-electron chi connectivity index (χ1n) is 11.0. The monoisotopic (exact) mass is 441 g/mol. The number of carbonyl (C=O) groups is 2. The number of piperazine rings is 1. The lowest BCUT2D eigenvalue weighted by molar-refractivity contribution is -0.134. The third-order valence-corrected chi connectivity index (χ3v) is 6.50. The third kappa shape index (κ3) is 4.43. The van der Waals surface area contributed by atoms with Crippen molar-refractivity contribution in [3.8, 4) is 0 Å². The van der Waals surface area contributed by atoms with Gasteiger partial charge in [0, 0.05) is 38.2 Å². The number of nitrogens with one attached hydrogen (secondary N) is 2. The fourth-order valence-corrected chi connectivity index (χ4v) is 4.30. The van der Waals surface area contributed by atoms with E-state index in [0.29, 0.717) is 43.9 Å². The molecule has 4 rings (SSSR count). The Morgan fingerprint density at radius 1 is 1.12 bits per heavy atom. The molecule has 0 bridgehead atoms. The highest BCUT2D eigenvalue weighted by atomic mass is 19.1. The molecule has 0 radical (unpaired) electrons. The first-order valence-corrected chi connectivity index (χ1v) is 11.0. The van der Waals surface area contributed by atoms with Crippen LogP contribution in [0.5, 0.6) is 0 Å². The number of rotatable bonds is 4. The normalized spacial score (nSPS) is 18.8. The van der Waals surface area contributed by atoms with Crippen LogP contribution >= 0.6 is 0 Å². The van der Waals surface area contributed by atoms with Gasteiger partial charge in [-0.3, -0.25) is 14.4 Å². The van der Waals surface area contributed by atoms with Crippen LogP contribution in [0.4, 0.5) is 4.39 Å². The highest BCUT2D eigenvalue weighted by molar-refractivity contribution is 5.95. The quantitative estimate of drug-likeness (QED) is 0.742. The van der Waals surface area contributed by atoms with E-state index in [9.17, 15) is 18.8 Å². The first kappa shape index (κ1) is 22.1. The van der Waals surface area contributed by atoms with E-state index in [1.54, 1.807) is 28.9 Å². The summed E-state index contributed by atoms with van der Waals surface area (Å²) in [5, 5.41) is 9.79. The number of carbonyl (C=O) groups excluding carboxylic acids is 2. The molecular weight excluding hydrogens is 413 g/mol. The van der Waals surface area contributed by atoms with E-state index in [-0.39, 0.29) is 29.0 Å². The summed E-state index contributed by atoms with van der Waals surface area (Å²) in [5.41, 5.74) is 2.57. The molecule has 0 unspecified atom stereocenters. The molecule has 2 aliphatic heterocycles. The van der Waals surface area contributed by atoms with E-state index in [0.717, 1.165) is 30.5 Å². The van der Waals surface area contributed by atoms with Crippen LogP contribution in [0.3, 0.4) is 0 Å². The van der Waals surface area contributed by atoms with Crippen LogP contribution in [-0.2, 0) is 11.2 Å². The van der Waals surface area contributed by atoms with E-state index >= 15 is 0 Å². The van der Waals surface area contributed by atoms with E-state index in [2.05, 4.69) is 15.5 Å². The Bertz CT molecular complexity index is 1090. The molecule has 2 fully saturated rings. The molecule has 2 N–H and O–H groups in total. The average Bonchev–Trinajstić information content (AvgIpc) is 3.35. The molecule has 2 amide bonds. The Balaban J connectivity index is 1.44. The van der Waals surface area contributed by atoms with Gasteiger partial charge in [-0.2, -0.15) is 5.10 Å². The van der Waals surface area contributed by atoms with Crippen LogP contribution in [0.2, 0.25) is 0 Å². The minimum atomic E-state index is -0.574. The van der Waals surface area contributed by atoms with Crippen molar-refractivity contribution < 1.29 is 14.0 Å². The summed E-state index contributed by atoms with van der Waals surface area (Å²) in [6, 6.07) is 4.35. The zero-order chi connectivity index (χ0) is 22.8. The Morgan fingerprint density at radius 3 is 2.53 bits per heavy atom. The highest BCUT2D eigenvalue weighted by Crippen LogP contribution is 2.19. The second-order valence-electron chi connectivity index (χ2n) is 8.51. The van der Waals surface area contributed by atoms with Crippen LogP contribution in [0.1, 0.15) is 45.6 Å². The van der Waals surface area contributed by atoms with Crippen molar-refractivity contribution in [1.29, 1.82) is 0 Å². The second-order valence-corrected chi connectivity index (χ2v) is 8.51. The maximum absolute atomic E-state index is 14.5. The maximum Gasteiger partial charge on any atom is 0.267 e. The first-order chi connectivity index (χ1) is 15.3. The molecule has 1 aromatic heterocycles. The number of benzene rings is 1. The largest absolute Gasteiger partial charge is 0.338 e. The fourth-order valence-electron chi connectivity index (χ4n) is 4.30. The van der Waals surface area contributed by atoms with E-state index in [1.165, 1.54) is 6.07 Å². The molecule has 3 heterocycles. The fraction of sp³-hybridized carbons (Fsp3) is 0.478. The van der Waals surface area contributed by atoms with Gasteiger partial charge in [-0.15, -0.1) is 0 Å². The summed E-state index contributed by atoms with van der Waals surface area (Å²) in [6.07, 6.45) is 2.22. The number of H-pyrrole nitrogens is 1. The highest BCUT2D eigenvalue weighted by Gasteiger charge is 2.31. The predicted molar refractivity (Wildman–Crippen MR) is 117 cm³/mol. The minimum Gasteiger partial charge on any atom is -0.338 e. The van der Waals surface area contributed by atoms with Gasteiger partial charge in [-0.25, -0.2) is 9.49 Å². The zero-order valence-electron chi connectivity index (χ0n) is 18.4. The number of aromatic nitrogens is 2. The number of hydrogen-bond donors (Lipinski definition) is 2. The maximum atomic E-state index is 14.5. The molecule has 0 spiro atoms. The van der Waals surface area contributed by atoms with E-state index < -0.39 is 5.82 Å². The van der Waals surface area contributed by atoms with Gasteiger partial charge >= 0.3 is 0 Å². The minimum absolute atomic E-state index is 0.0125.